The van der Waals surface area contributed by atoms with Crippen LogP contribution in [0, 0.1) is 10.1 Å². The minimum atomic E-state index is -1.11. The van der Waals surface area contributed by atoms with E-state index in [0.717, 1.165) is 5.56 Å². The molecule has 0 aliphatic rings. The van der Waals surface area contributed by atoms with Crippen LogP contribution in [0.2, 0.25) is 0 Å². The lowest BCUT2D eigenvalue weighted by atomic mass is 10.2. The molecule has 0 saturated heterocycles. The number of nitrogens with zero attached hydrogens (tertiary/aromatic N) is 1. The summed E-state index contributed by atoms with van der Waals surface area (Å²) in [6.45, 7) is 2.48. The highest BCUT2D eigenvalue weighted by molar-refractivity contribution is 7.46. The van der Waals surface area contributed by atoms with Crippen LogP contribution in [0.25, 0.3) is 0 Å². The Kier molecular flexibility index (Phi) is 5.67. The lowest BCUT2D eigenvalue weighted by Gasteiger charge is -2.17. The molecule has 1 atom stereocenters. The summed E-state index contributed by atoms with van der Waals surface area (Å²) < 4.78 is 11.4. The van der Waals surface area contributed by atoms with Crippen LogP contribution >= 0.6 is 8.38 Å². The Morgan fingerprint density at radius 3 is 2.33 bits per heavy atom. The van der Waals surface area contributed by atoms with E-state index in [1.807, 2.05) is 37.3 Å². The first-order chi connectivity index (χ1) is 10.2. The Morgan fingerprint density at radius 2 is 1.76 bits per heavy atom. The first kappa shape index (κ1) is 15.4. The molecule has 2 rings (SSSR count). The van der Waals surface area contributed by atoms with Gasteiger partial charge in [0.15, 0.2) is 0 Å². The van der Waals surface area contributed by atoms with Crippen molar-refractivity contribution in [1.29, 1.82) is 0 Å². The van der Waals surface area contributed by atoms with Crippen molar-refractivity contribution in [3.8, 4) is 5.75 Å². The lowest BCUT2D eigenvalue weighted by Crippen LogP contribution is -1.97. The molecule has 0 spiro atoms. The second-order valence-electron chi connectivity index (χ2n) is 4.24. The van der Waals surface area contributed by atoms with Gasteiger partial charge in [0.1, 0.15) is 5.75 Å². The molecule has 21 heavy (non-hydrogen) atoms. The van der Waals surface area contributed by atoms with Crippen molar-refractivity contribution < 1.29 is 14.0 Å². The van der Waals surface area contributed by atoms with Gasteiger partial charge in [0.05, 0.1) is 17.7 Å². The number of non-ortho nitro benzene ring substituents is 1. The fraction of sp³-hybridized carbons (Fsp3) is 0.200. The fourth-order valence-electron chi connectivity index (χ4n) is 1.73. The van der Waals surface area contributed by atoms with Crippen molar-refractivity contribution in [2.75, 3.05) is 6.61 Å². The molecule has 0 radical (unpaired) electrons. The van der Waals surface area contributed by atoms with Crippen LogP contribution in [0.3, 0.4) is 0 Å². The predicted molar refractivity (Wildman–Crippen MR) is 82.4 cm³/mol. The van der Waals surface area contributed by atoms with Crippen LogP contribution in [0.4, 0.5) is 5.69 Å². The number of hydrogen-bond acceptors (Lipinski definition) is 4. The smallest absolute Gasteiger partial charge is 0.269 e. The number of hydrogen-bond donors (Lipinski definition) is 0. The SMILES string of the molecule is CCOP(Cc1ccccc1)Oc1ccc([N+](=O)[O-])cc1. The molecule has 1 unspecified atom stereocenters. The van der Waals surface area contributed by atoms with E-state index in [1.165, 1.54) is 12.1 Å². The Labute approximate surface area is 124 Å². The van der Waals surface area contributed by atoms with Gasteiger partial charge in [-0.15, -0.1) is 0 Å². The molecular formula is C15H16NO4P. The fourth-order valence-corrected chi connectivity index (χ4v) is 3.09. The summed E-state index contributed by atoms with van der Waals surface area (Å²) in [5.41, 5.74) is 1.19. The normalized spacial score (nSPS) is 11.9. The molecular weight excluding hydrogens is 289 g/mol. The third-order valence-corrected chi connectivity index (χ3v) is 4.27. The van der Waals surface area contributed by atoms with Crippen LogP contribution in [0.5, 0.6) is 5.75 Å². The molecule has 0 bridgehead atoms. The predicted octanol–water partition coefficient (Wildman–Crippen LogP) is 4.52. The van der Waals surface area contributed by atoms with Crippen molar-refractivity contribution in [2.24, 2.45) is 0 Å². The van der Waals surface area contributed by atoms with Crippen molar-refractivity contribution in [2.45, 2.75) is 13.1 Å². The van der Waals surface area contributed by atoms with Gasteiger partial charge in [0.2, 0.25) is 8.38 Å². The Bertz CT molecular complexity index is 574. The summed E-state index contributed by atoms with van der Waals surface area (Å²) in [4.78, 5) is 10.2. The maximum Gasteiger partial charge on any atom is 0.269 e. The third kappa shape index (κ3) is 4.81. The molecule has 0 amide bonds. The first-order valence-electron chi connectivity index (χ1n) is 6.56. The average molecular weight is 305 g/mol. The quantitative estimate of drug-likeness (QED) is 0.428. The summed E-state index contributed by atoms with van der Waals surface area (Å²) in [7, 11) is -1.11. The van der Waals surface area contributed by atoms with Crippen LogP contribution in [-0.4, -0.2) is 11.5 Å². The van der Waals surface area contributed by atoms with Gasteiger partial charge in [-0.2, -0.15) is 0 Å². The number of benzene rings is 2. The molecule has 5 nitrogen and oxygen atoms in total. The van der Waals surface area contributed by atoms with Crippen molar-refractivity contribution >= 4 is 14.1 Å². The van der Waals surface area contributed by atoms with Crippen LogP contribution in [-0.2, 0) is 10.7 Å². The van der Waals surface area contributed by atoms with E-state index in [4.69, 9.17) is 9.05 Å². The van der Waals surface area contributed by atoms with Gasteiger partial charge >= 0.3 is 0 Å². The second-order valence-corrected chi connectivity index (χ2v) is 5.66. The molecule has 0 N–H and O–H groups in total. The highest BCUT2D eigenvalue weighted by Crippen LogP contribution is 2.42. The van der Waals surface area contributed by atoms with E-state index in [0.29, 0.717) is 18.5 Å². The maximum atomic E-state index is 10.6. The minimum Gasteiger partial charge on any atom is -0.447 e. The van der Waals surface area contributed by atoms with Gasteiger partial charge in [-0.25, -0.2) is 0 Å². The molecule has 0 aromatic heterocycles. The monoisotopic (exact) mass is 305 g/mol. The summed E-state index contributed by atoms with van der Waals surface area (Å²) >= 11 is 0. The highest BCUT2D eigenvalue weighted by Gasteiger charge is 2.14. The van der Waals surface area contributed by atoms with Crippen molar-refractivity contribution in [1.82, 2.24) is 0 Å². The molecule has 2 aromatic rings. The summed E-state index contributed by atoms with van der Waals surface area (Å²) in [6.07, 6.45) is 0.682. The minimum absolute atomic E-state index is 0.0474. The molecule has 110 valence electrons. The van der Waals surface area contributed by atoms with Crippen LogP contribution in [0.1, 0.15) is 12.5 Å². The topological polar surface area (TPSA) is 61.6 Å². The molecule has 0 aliphatic heterocycles. The van der Waals surface area contributed by atoms with E-state index in [1.54, 1.807) is 12.1 Å². The molecule has 0 fully saturated rings. The molecule has 6 heteroatoms. The molecule has 0 saturated carbocycles. The standard InChI is InChI=1S/C15H16NO4P/c1-2-19-21(12-13-6-4-3-5-7-13)20-15-10-8-14(9-11-15)16(17)18/h3-11H,2,12H2,1H3. The Balaban J connectivity index is 2.03. The van der Waals surface area contributed by atoms with Gasteiger partial charge in [0, 0.05) is 12.1 Å². The van der Waals surface area contributed by atoms with Crippen molar-refractivity contribution in [3.63, 3.8) is 0 Å². The van der Waals surface area contributed by atoms with E-state index in [-0.39, 0.29) is 5.69 Å². The summed E-state index contributed by atoms with van der Waals surface area (Å²) in [6, 6.07) is 16.0. The zero-order valence-corrected chi connectivity index (χ0v) is 12.5. The molecule has 0 heterocycles. The van der Waals surface area contributed by atoms with E-state index >= 15 is 0 Å². The lowest BCUT2D eigenvalue weighted by molar-refractivity contribution is -0.384. The maximum absolute atomic E-state index is 10.6. The first-order valence-corrected chi connectivity index (χ1v) is 7.92. The van der Waals surface area contributed by atoms with Gasteiger partial charge in [0.25, 0.3) is 5.69 Å². The average Bonchev–Trinajstić information content (AvgIpc) is 2.49. The van der Waals surface area contributed by atoms with Crippen LogP contribution < -0.4 is 4.52 Å². The molecule has 0 aliphatic carbocycles. The molecule has 2 aromatic carbocycles. The highest BCUT2D eigenvalue weighted by atomic mass is 31.2. The largest absolute Gasteiger partial charge is 0.447 e. The van der Waals surface area contributed by atoms with E-state index < -0.39 is 13.3 Å². The van der Waals surface area contributed by atoms with Crippen LogP contribution in [0.15, 0.2) is 54.6 Å². The zero-order chi connectivity index (χ0) is 15.1. The van der Waals surface area contributed by atoms with Gasteiger partial charge in [-0.3, -0.25) is 10.1 Å². The van der Waals surface area contributed by atoms with Gasteiger partial charge in [-0.1, -0.05) is 30.3 Å². The third-order valence-electron chi connectivity index (χ3n) is 2.68. The van der Waals surface area contributed by atoms with E-state index in [2.05, 4.69) is 0 Å². The van der Waals surface area contributed by atoms with Gasteiger partial charge < -0.3 is 9.05 Å². The Hall–Kier alpha value is -1.97. The Morgan fingerprint density at radius 1 is 1.10 bits per heavy atom. The van der Waals surface area contributed by atoms with E-state index in [9.17, 15) is 10.1 Å². The number of nitro benzene ring substituents is 1. The summed E-state index contributed by atoms with van der Waals surface area (Å²) in [5, 5.41) is 10.6. The van der Waals surface area contributed by atoms with Gasteiger partial charge in [-0.05, 0) is 24.6 Å². The zero-order valence-electron chi connectivity index (χ0n) is 11.6. The number of rotatable bonds is 7. The van der Waals surface area contributed by atoms with Crippen molar-refractivity contribution in [3.05, 3.63) is 70.3 Å². The second kappa shape index (κ2) is 7.72. The summed E-state index contributed by atoms with van der Waals surface area (Å²) in [5.74, 6) is 0.580. The number of nitro groups is 1.